The van der Waals surface area contributed by atoms with Crippen molar-refractivity contribution in [3.05, 3.63) is 94.9 Å². The van der Waals surface area contributed by atoms with Crippen LogP contribution in [0.4, 0.5) is 5.69 Å². The van der Waals surface area contributed by atoms with Crippen molar-refractivity contribution in [2.24, 2.45) is 0 Å². The van der Waals surface area contributed by atoms with Crippen molar-refractivity contribution in [3.63, 3.8) is 0 Å². The Balaban J connectivity index is 1.29. The minimum absolute atomic E-state index is 0.0889. The first kappa shape index (κ1) is 28.4. The highest BCUT2D eigenvalue weighted by atomic mass is 32.2. The number of carbonyl (C=O) groups excluding carboxylic acids is 2. The largest absolute Gasteiger partial charge is 0.493 e. The molecular weight excluding hydrogens is 528 g/mol. The lowest BCUT2D eigenvalue weighted by Gasteiger charge is -2.23. The first-order valence-electron chi connectivity index (χ1n) is 12.9. The molecule has 0 atom stereocenters. The van der Waals surface area contributed by atoms with E-state index in [2.05, 4.69) is 0 Å². The van der Waals surface area contributed by atoms with Crippen molar-refractivity contribution in [2.75, 3.05) is 25.7 Å². The second-order valence-corrected chi connectivity index (χ2v) is 10.7. The van der Waals surface area contributed by atoms with Gasteiger partial charge in [0, 0.05) is 18.7 Å². The summed E-state index contributed by atoms with van der Waals surface area (Å²) in [6.07, 6.45) is 4.61. The van der Waals surface area contributed by atoms with Gasteiger partial charge in [-0.1, -0.05) is 85.0 Å². The number of benzene rings is 3. The van der Waals surface area contributed by atoms with Crippen LogP contribution in [0.2, 0.25) is 0 Å². The number of ether oxygens (including phenoxy) is 2. The number of hydrogen-bond donors (Lipinski definition) is 0. The predicted molar refractivity (Wildman–Crippen MR) is 162 cm³/mol. The average molecular weight is 561 g/mol. The summed E-state index contributed by atoms with van der Waals surface area (Å²) in [6.45, 7) is 1.07. The van der Waals surface area contributed by atoms with E-state index in [0.29, 0.717) is 40.2 Å². The molecule has 2 amide bonds. The van der Waals surface area contributed by atoms with Gasteiger partial charge in [0.25, 0.3) is 5.91 Å². The van der Waals surface area contributed by atoms with E-state index in [1.807, 2.05) is 89.8 Å². The van der Waals surface area contributed by atoms with Crippen LogP contribution < -0.4 is 14.4 Å². The van der Waals surface area contributed by atoms with Crippen LogP contribution in [0.3, 0.4) is 0 Å². The van der Waals surface area contributed by atoms with E-state index in [1.54, 1.807) is 19.1 Å². The van der Waals surface area contributed by atoms with E-state index >= 15 is 0 Å². The minimum Gasteiger partial charge on any atom is -0.493 e. The van der Waals surface area contributed by atoms with Crippen LogP contribution >= 0.6 is 24.0 Å². The Labute approximate surface area is 239 Å². The number of unbranched alkanes of at least 4 members (excludes halogenated alkanes) is 2. The molecule has 3 aromatic carbocycles. The lowest BCUT2D eigenvalue weighted by atomic mass is 10.1. The number of carbonyl (C=O) groups is 2. The van der Waals surface area contributed by atoms with E-state index in [-0.39, 0.29) is 11.8 Å². The predicted octanol–water partition coefficient (Wildman–Crippen LogP) is 6.70. The Kier molecular flexibility index (Phi) is 10.2. The fourth-order valence-electron chi connectivity index (χ4n) is 4.34. The Bertz CT molecular complexity index is 1330. The summed E-state index contributed by atoms with van der Waals surface area (Å²) in [7, 11) is 3.17. The van der Waals surface area contributed by atoms with Gasteiger partial charge < -0.3 is 14.4 Å². The van der Waals surface area contributed by atoms with E-state index in [9.17, 15) is 9.59 Å². The monoisotopic (exact) mass is 560 g/mol. The van der Waals surface area contributed by atoms with Crippen molar-refractivity contribution in [1.82, 2.24) is 4.90 Å². The number of methoxy groups -OCH3 is 2. The number of nitrogens with zero attached hydrogens (tertiary/aromatic N) is 2. The molecule has 0 spiro atoms. The number of hydrogen-bond acceptors (Lipinski definition) is 6. The van der Waals surface area contributed by atoms with Crippen LogP contribution in [0, 0.1) is 0 Å². The lowest BCUT2D eigenvalue weighted by molar-refractivity contribution is -0.122. The summed E-state index contributed by atoms with van der Waals surface area (Å²) in [5.41, 5.74) is 2.82. The Morgan fingerprint density at radius 3 is 2.31 bits per heavy atom. The highest BCUT2D eigenvalue weighted by Gasteiger charge is 2.31. The summed E-state index contributed by atoms with van der Waals surface area (Å²) in [4.78, 5) is 30.3. The first-order valence-corrected chi connectivity index (χ1v) is 14.1. The summed E-state index contributed by atoms with van der Waals surface area (Å²) in [6, 6.07) is 25.3. The molecule has 1 heterocycles. The third-order valence-corrected chi connectivity index (χ3v) is 7.78. The molecule has 39 heavy (non-hydrogen) atoms. The fourth-order valence-corrected chi connectivity index (χ4v) is 5.65. The number of amides is 2. The molecule has 0 saturated carbocycles. The summed E-state index contributed by atoms with van der Waals surface area (Å²) in [5, 5.41) is 0. The molecule has 0 bridgehead atoms. The van der Waals surface area contributed by atoms with Crippen molar-refractivity contribution in [2.45, 2.75) is 32.2 Å². The maximum absolute atomic E-state index is 13.2. The van der Waals surface area contributed by atoms with Crippen LogP contribution in [0.25, 0.3) is 6.08 Å². The SMILES string of the molecule is COc1ccc(/C=C2\SC(=S)N(CCCCCC(=O)N(Cc3ccccc3)c3ccccc3)C2=O)cc1OC. The van der Waals surface area contributed by atoms with Gasteiger partial charge in [0.15, 0.2) is 11.5 Å². The zero-order valence-electron chi connectivity index (χ0n) is 22.2. The molecule has 1 fully saturated rings. The van der Waals surface area contributed by atoms with E-state index in [4.69, 9.17) is 21.7 Å². The van der Waals surface area contributed by atoms with Crippen LogP contribution in [0.5, 0.6) is 11.5 Å². The van der Waals surface area contributed by atoms with Crippen LogP contribution in [-0.4, -0.2) is 41.8 Å². The van der Waals surface area contributed by atoms with Gasteiger partial charge in [-0.15, -0.1) is 0 Å². The Morgan fingerprint density at radius 2 is 1.62 bits per heavy atom. The van der Waals surface area contributed by atoms with Gasteiger partial charge in [-0.2, -0.15) is 0 Å². The molecule has 202 valence electrons. The topological polar surface area (TPSA) is 59.1 Å². The third-order valence-electron chi connectivity index (χ3n) is 6.40. The molecule has 0 unspecified atom stereocenters. The highest BCUT2D eigenvalue weighted by Crippen LogP contribution is 2.35. The summed E-state index contributed by atoms with van der Waals surface area (Å²) in [5.74, 6) is 1.24. The number of thiocarbonyl (C=S) groups is 1. The zero-order chi connectivity index (χ0) is 27.6. The van der Waals surface area contributed by atoms with E-state index in [1.165, 1.54) is 11.8 Å². The van der Waals surface area contributed by atoms with Gasteiger partial charge in [-0.05, 0) is 54.3 Å². The van der Waals surface area contributed by atoms with Crippen molar-refractivity contribution in [1.29, 1.82) is 0 Å². The standard InChI is InChI=1S/C31H32N2O4S2/c1-36-26-18-17-24(20-27(26)37-2)21-28-30(35)32(31(38)39-28)19-11-5-10-16-29(34)33(25-14-8-4-9-15-25)22-23-12-6-3-7-13-23/h3-4,6-9,12-15,17-18,20-21H,5,10-11,16,19,22H2,1-2H3/b28-21-. The van der Waals surface area contributed by atoms with Gasteiger partial charge in [-0.3, -0.25) is 14.5 Å². The van der Waals surface area contributed by atoms with Gasteiger partial charge >= 0.3 is 0 Å². The van der Waals surface area contributed by atoms with Gasteiger partial charge in [0.1, 0.15) is 4.32 Å². The number of anilines is 1. The maximum atomic E-state index is 13.2. The fraction of sp³-hybridized carbons (Fsp3) is 0.258. The molecule has 0 aromatic heterocycles. The second kappa shape index (κ2) is 14.0. The van der Waals surface area contributed by atoms with E-state index in [0.717, 1.165) is 36.1 Å². The van der Waals surface area contributed by atoms with Gasteiger partial charge in [0.05, 0.1) is 25.7 Å². The Hall–Kier alpha value is -3.62. The average Bonchev–Trinajstić information content (AvgIpc) is 3.23. The van der Waals surface area contributed by atoms with Crippen LogP contribution in [0.1, 0.15) is 36.8 Å². The molecule has 4 rings (SSSR count). The molecular formula is C31H32N2O4S2. The minimum atomic E-state index is -0.0889. The van der Waals surface area contributed by atoms with Gasteiger partial charge in [0.2, 0.25) is 5.91 Å². The molecule has 1 aliphatic heterocycles. The van der Waals surface area contributed by atoms with Crippen molar-refractivity contribution in [3.8, 4) is 11.5 Å². The molecule has 6 nitrogen and oxygen atoms in total. The third kappa shape index (κ3) is 7.49. The van der Waals surface area contributed by atoms with E-state index < -0.39 is 0 Å². The lowest BCUT2D eigenvalue weighted by Crippen LogP contribution is -2.30. The molecule has 8 heteroatoms. The van der Waals surface area contributed by atoms with Gasteiger partial charge in [-0.25, -0.2) is 0 Å². The highest BCUT2D eigenvalue weighted by molar-refractivity contribution is 8.26. The first-order chi connectivity index (χ1) is 19.0. The smallest absolute Gasteiger partial charge is 0.266 e. The molecule has 0 aliphatic carbocycles. The zero-order valence-corrected chi connectivity index (χ0v) is 23.8. The maximum Gasteiger partial charge on any atom is 0.266 e. The molecule has 1 saturated heterocycles. The van der Waals surface area contributed by atoms with Crippen molar-refractivity contribution < 1.29 is 19.1 Å². The van der Waals surface area contributed by atoms with Crippen LogP contribution in [0.15, 0.2) is 83.8 Å². The summed E-state index contributed by atoms with van der Waals surface area (Å²) < 4.78 is 11.2. The molecule has 1 aliphatic rings. The molecule has 0 radical (unpaired) electrons. The number of rotatable bonds is 12. The Morgan fingerprint density at radius 1 is 0.923 bits per heavy atom. The number of para-hydroxylation sites is 1. The molecule has 0 N–H and O–H groups in total. The van der Waals surface area contributed by atoms with Crippen molar-refractivity contribution >= 4 is 51.9 Å². The van der Waals surface area contributed by atoms with Crippen LogP contribution in [-0.2, 0) is 16.1 Å². The summed E-state index contributed by atoms with van der Waals surface area (Å²) >= 11 is 6.80. The molecule has 3 aromatic rings. The normalized spacial score (nSPS) is 14.1. The number of thioether (sulfide) groups is 1. The quantitative estimate of drug-likeness (QED) is 0.140. The second-order valence-electron chi connectivity index (χ2n) is 9.06.